The monoisotopic (exact) mass is 321 g/mol. The SMILES string of the molecule is CCc1ccc(-c2[nH]nc(N)c2-c2cccc(Cl)c2F)s1. The summed E-state index contributed by atoms with van der Waals surface area (Å²) in [6.45, 7) is 2.09. The van der Waals surface area contributed by atoms with Gasteiger partial charge in [-0.1, -0.05) is 30.7 Å². The van der Waals surface area contributed by atoms with Crippen molar-refractivity contribution in [1.82, 2.24) is 10.2 Å². The number of benzene rings is 1. The number of thiophene rings is 1. The molecule has 0 aliphatic rings. The molecule has 108 valence electrons. The zero-order valence-electron chi connectivity index (χ0n) is 11.3. The van der Waals surface area contributed by atoms with Crippen molar-refractivity contribution >= 4 is 28.8 Å². The molecule has 0 aliphatic carbocycles. The second kappa shape index (κ2) is 5.50. The fourth-order valence-electron chi connectivity index (χ4n) is 2.21. The lowest BCUT2D eigenvalue weighted by molar-refractivity contribution is 0.632. The van der Waals surface area contributed by atoms with Gasteiger partial charge in [-0.2, -0.15) is 5.10 Å². The second-order valence-electron chi connectivity index (χ2n) is 4.58. The summed E-state index contributed by atoms with van der Waals surface area (Å²) in [5.74, 6) is -0.224. The van der Waals surface area contributed by atoms with E-state index in [4.69, 9.17) is 17.3 Å². The Morgan fingerprint density at radius 1 is 1.33 bits per heavy atom. The molecule has 2 aromatic heterocycles. The molecule has 3 nitrogen and oxygen atoms in total. The highest BCUT2D eigenvalue weighted by molar-refractivity contribution is 7.15. The van der Waals surface area contributed by atoms with Crippen molar-refractivity contribution in [1.29, 1.82) is 0 Å². The summed E-state index contributed by atoms with van der Waals surface area (Å²) >= 11 is 7.50. The van der Waals surface area contributed by atoms with Crippen LogP contribution < -0.4 is 5.73 Å². The highest BCUT2D eigenvalue weighted by Crippen LogP contribution is 2.40. The molecular formula is C15H13ClFN3S. The maximum absolute atomic E-state index is 14.3. The Bertz CT molecular complexity index is 794. The van der Waals surface area contributed by atoms with Crippen LogP contribution in [0.15, 0.2) is 30.3 Å². The lowest BCUT2D eigenvalue weighted by Crippen LogP contribution is -1.91. The van der Waals surface area contributed by atoms with Crippen LogP contribution in [0.1, 0.15) is 11.8 Å². The van der Waals surface area contributed by atoms with Crippen LogP contribution in [0, 0.1) is 5.82 Å². The number of nitrogens with one attached hydrogen (secondary N) is 1. The maximum atomic E-state index is 14.3. The lowest BCUT2D eigenvalue weighted by atomic mass is 10.0. The molecule has 1 aromatic carbocycles. The molecule has 0 aliphatic heterocycles. The van der Waals surface area contributed by atoms with Crippen molar-refractivity contribution in [2.45, 2.75) is 13.3 Å². The number of nitrogens with zero attached hydrogens (tertiary/aromatic N) is 1. The van der Waals surface area contributed by atoms with E-state index in [0.717, 1.165) is 17.0 Å². The number of hydrogen-bond acceptors (Lipinski definition) is 3. The van der Waals surface area contributed by atoms with Gasteiger partial charge in [-0.25, -0.2) is 4.39 Å². The molecule has 0 amide bonds. The average molecular weight is 322 g/mol. The molecule has 0 saturated heterocycles. The van der Waals surface area contributed by atoms with Crippen LogP contribution in [-0.4, -0.2) is 10.2 Å². The van der Waals surface area contributed by atoms with Crippen molar-refractivity contribution in [2.24, 2.45) is 0 Å². The molecule has 0 atom stereocenters. The summed E-state index contributed by atoms with van der Waals surface area (Å²) in [6, 6.07) is 8.90. The smallest absolute Gasteiger partial charge is 0.153 e. The van der Waals surface area contributed by atoms with Crippen molar-refractivity contribution in [2.75, 3.05) is 5.73 Å². The zero-order valence-corrected chi connectivity index (χ0v) is 12.9. The van der Waals surface area contributed by atoms with E-state index in [1.807, 2.05) is 6.07 Å². The van der Waals surface area contributed by atoms with E-state index in [9.17, 15) is 4.39 Å². The molecule has 3 aromatic rings. The summed E-state index contributed by atoms with van der Waals surface area (Å²) in [5.41, 5.74) is 7.55. The minimum absolute atomic E-state index is 0.0690. The first-order valence-electron chi connectivity index (χ1n) is 6.49. The lowest BCUT2D eigenvalue weighted by Gasteiger charge is -2.05. The number of hydrogen-bond donors (Lipinski definition) is 2. The van der Waals surface area contributed by atoms with Gasteiger partial charge in [0.2, 0.25) is 0 Å². The molecule has 2 heterocycles. The van der Waals surface area contributed by atoms with Crippen molar-refractivity contribution in [3.63, 3.8) is 0 Å². The topological polar surface area (TPSA) is 54.7 Å². The van der Waals surface area contributed by atoms with Gasteiger partial charge in [0.05, 0.1) is 21.2 Å². The molecular weight excluding hydrogens is 309 g/mol. The summed E-state index contributed by atoms with van der Waals surface area (Å²) in [5, 5.41) is 6.99. The Labute approximate surface area is 130 Å². The standard InChI is InChI=1S/C15H13ClFN3S/c1-2-8-6-7-11(21-8)14-12(15(18)20-19-14)9-4-3-5-10(16)13(9)17/h3-7H,2H2,1H3,(H3,18,19,20). The molecule has 0 saturated carbocycles. The summed E-state index contributed by atoms with van der Waals surface area (Å²) in [6.07, 6.45) is 0.954. The number of nitrogen functional groups attached to an aromatic ring is 1. The number of anilines is 1. The van der Waals surface area contributed by atoms with Crippen LogP contribution in [0.5, 0.6) is 0 Å². The van der Waals surface area contributed by atoms with Gasteiger partial charge in [-0.05, 0) is 24.6 Å². The Morgan fingerprint density at radius 2 is 2.14 bits per heavy atom. The van der Waals surface area contributed by atoms with Crippen LogP contribution in [0.3, 0.4) is 0 Å². The van der Waals surface area contributed by atoms with E-state index >= 15 is 0 Å². The number of nitrogens with two attached hydrogens (primary N) is 1. The molecule has 0 unspecified atom stereocenters. The Kier molecular flexibility index (Phi) is 3.69. The first-order valence-corrected chi connectivity index (χ1v) is 7.68. The predicted octanol–water partition coefficient (Wildman–Crippen LogP) is 4.74. The Hall–Kier alpha value is -1.85. The molecule has 3 rings (SSSR count). The minimum atomic E-state index is -0.485. The fraction of sp³-hybridized carbons (Fsp3) is 0.133. The van der Waals surface area contributed by atoms with Crippen molar-refractivity contribution < 1.29 is 4.39 Å². The fourth-order valence-corrected chi connectivity index (χ4v) is 3.33. The van der Waals surface area contributed by atoms with Gasteiger partial charge in [0.25, 0.3) is 0 Å². The third-order valence-electron chi connectivity index (χ3n) is 3.27. The second-order valence-corrected chi connectivity index (χ2v) is 6.16. The van der Waals surface area contributed by atoms with Crippen molar-refractivity contribution in [3.05, 3.63) is 46.0 Å². The van der Waals surface area contributed by atoms with Crippen molar-refractivity contribution in [3.8, 4) is 21.7 Å². The van der Waals surface area contributed by atoms with Gasteiger partial charge in [0, 0.05) is 10.4 Å². The Balaban J connectivity index is 2.19. The average Bonchev–Trinajstić information content (AvgIpc) is 3.08. The third-order valence-corrected chi connectivity index (χ3v) is 4.81. The number of H-pyrrole nitrogens is 1. The van der Waals surface area contributed by atoms with Crippen LogP contribution in [0.4, 0.5) is 10.2 Å². The normalized spacial score (nSPS) is 11.0. The summed E-state index contributed by atoms with van der Waals surface area (Å²) in [4.78, 5) is 2.22. The van der Waals surface area contributed by atoms with Crippen LogP contribution in [0.2, 0.25) is 5.02 Å². The maximum Gasteiger partial charge on any atom is 0.153 e. The van der Waals surface area contributed by atoms with Gasteiger partial charge in [0.15, 0.2) is 5.82 Å². The van der Waals surface area contributed by atoms with Gasteiger partial charge < -0.3 is 5.73 Å². The zero-order chi connectivity index (χ0) is 15.0. The first-order chi connectivity index (χ1) is 10.1. The van der Waals surface area contributed by atoms with Crippen LogP contribution >= 0.6 is 22.9 Å². The van der Waals surface area contributed by atoms with E-state index in [1.54, 1.807) is 23.5 Å². The van der Waals surface area contributed by atoms with E-state index in [2.05, 4.69) is 23.2 Å². The van der Waals surface area contributed by atoms with Gasteiger partial charge >= 0.3 is 0 Å². The van der Waals surface area contributed by atoms with E-state index < -0.39 is 5.82 Å². The molecule has 0 fully saturated rings. The minimum Gasteiger partial charge on any atom is -0.382 e. The third kappa shape index (κ3) is 2.43. The van der Waals surface area contributed by atoms with E-state index in [0.29, 0.717) is 11.1 Å². The van der Waals surface area contributed by atoms with E-state index in [1.165, 1.54) is 10.9 Å². The predicted molar refractivity (Wildman–Crippen MR) is 86.1 cm³/mol. The van der Waals surface area contributed by atoms with Crippen LogP contribution in [-0.2, 0) is 6.42 Å². The summed E-state index contributed by atoms with van der Waals surface area (Å²) < 4.78 is 14.3. The number of halogens is 2. The quantitative estimate of drug-likeness (QED) is 0.732. The Morgan fingerprint density at radius 3 is 2.86 bits per heavy atom. The molecule has 0 radical (unpaired) electrons. The summed E-state index contributed by atoms with van der Waals surface area (Å²) in [7, 11) is 0. The molecule has 21 heavy (non-hydrogen) atoms. The molecule has 0 spiro atoms. The molecule has 3 N–H and O–H groups in total. The number of aromatic nitrogens is 2. The van der Waals surface area contributed by atoms with Crippen LogP contribution in [0.25, 0.3) is 21.7 Å². The highest BCUT2D eigenvalue weighted by atomic mass is 35.5. The molecule has 6 heteroatoms. The first kappa shape index (κ1) is 14.1. The van der Waals surface area contributed by atoms with E-state index in [-0.39, 0.29) is 10.8 Å². The number of rotatable bonds is 3. The van der Waals surface area contributed by atoms with Gasteiger partial charge in [0.1, 0.15) is 5.82 Å². The highest BCUT2D eigenvalue weighted by Gasteiger charge is 2.20. The number of aryl methyl sites for hydroxylation is 1. The van der Waals surface area contributed by atoms with Gasteiger partial charge in [-0.3, -0.25) is 5.10 Å². The molecule has 0 bridgehead atoms. The largest absolute Gasteiger partial charge is 0.382 e. The van der Waals surface area contributed by atoms with Gasteiger partial charge in [-0.15, -0.1) is 11.3 Å². The number of aromatic amines is 1.